The number of hydrogen-bond acceptors (Lipinski definition) is 4. The van der Waals surface area contributed by atoms with Crippen LogP contribution in [0.15, 0.2) is 18.5 Å². The van der Waals surface area contributed by atoms with E-state index in [1.54, 1.807) is 32.7 Å². The maximum atomic E-state index is 12.4. The van der Waals surface area contributed by atoms with E-state index in [4.69, 9.17) is 9.47 Å². The SMILES string of the molecule is COc1cncc(C(=O)C2(OC)CCCC2)c1. The molecule has 1 fully saturated rings. The van der Waals surface area contributed by atoms with Crippen LogP contribution in [0, 0.1) is 0 Å². The van der Waals surface area contributed by atoms with Gasteiger partial charge in [0.05, 0.1) is 13.3 Å². The highest BCUT2D eigenvalue weighted by Crippen LogP contribution is 2.35. The number of nitrogens with zero attached hydrogens (tertiary/aromatic N) is 1. The Hall–Kier alpha value is -1.42. The fraction of sp³-hybridized carbons (Fsp3) is 0.538. The number of hydrogen-bond donors (Lipinski definition) is 0. The molecule has 1 aromatic rings. The summed E-state index contributed by atoms with van der Waals surface area (Å²) in [5.74, 6) is 0.615. The highest BCUT2D eigenvalue weighted by Gasteiger charge is 2.41. The Bertz CT molecular complexity index is 411. The summed E-state index contributed by atoms with van der Waals surface area (Å²) in [6.45, 7) is 0. The Kier molecular flexibility index (Phi) is 3.43. The molecule has 1 saturated carbocycles. The summed E-state index contributed by atoms with van der Waals surface area (Å²) in [6, 6.07) is 1.72. The van der Waals surface area contributed by atoms with Gasteiger partial charge in [0.25, 0.3) is 0 Å². The van der Waals surface area contributed by atoms with Crippen molar-refractivity contribution in [3.63, 3.8) is 0 Å². The number of aromatic nitrogens is 1. The minimum atomic E-state index is -0.645. The monoisotopic (exact) mass is 235 g/mol. The minimum absolute atomic E-state index is 0.0175. The first-order valence-electron chi connectivity index (χ1n) is 5.81. The Morgan fingerprint density at radius 3 is 2.59 bits per heavy atom. The first kappa shape index (κ1) is 12.0. The molecule has 1 aliphatic carbocycles. The average molecular weight is 235 g/mol. The van der Waals surface area contributed by atoms with E-state index in [0.717, 1.165) is 25.7 Å². The van der Waals surface area contributed by atoms with Crippen molar-refractivity contribution in [3.8, 4) is 5.75 Å². The first-order valence-corrected chi connectivity index (χ1v) is 5.81. The van der Waals surface area contributed by atoms with Gasteiger partial charge in [-0.15, -0.1) is 0 Å². The molecule has 1 aromatic heterocycles. The number of carbonyl (C=O) groups is 1. The summed E-state index contributed by atoms with van der Waals surface area (Å²) in [5.41, 5.74) is -0.0817. The van der Waals surface area contributed by atoms with Gasteiger partial charge in [0.2, 0.25) is 0 Å². The quantitative estimate of drug-likeness (QED) is 0.751. The molecule has 0 N–H and O–H groups in total. The highest BCUT2D eigenvalue weighted by atomic mass is 16.5. The van der Waals surface area contributed by atoms with Gasteiger partial charge in [-0.25, -0.2) is 0 Å². The van der Waals surface area contributed by atoms with Gasteiger partial charge in [0, 0.05) is 18.9 Å². The van der Waals surface area contributed by atoms with Gasteiger partial charge in [-0.3, -0.25) is 9.78 Å². The van der Waals surface area contributed by atoms with E-state index in [2.05, 4.69) is 4.98 Å². The Labute approximate surface area is 101 Å². The Morgan fingerprint density at radius 1 is 1.29 bits per heavy atom. The minimum Gasteiger partial charge on any atom is -0.495 e. The van der Waals surface area contributed by atoms with Gasteiger partial charge in [0.15, 0.2) is 5.78 Å². The van der Waals surface area contributed by atoms with Crippen LogP contribution in [0.5, 0.6) is 5.75 Å². The van der Waals surface area contributed by atoms with E-state index < -0.39 is 5.60 Å². The Morgan fingerprint density at radius 2 is 2.00 bits per heavy atom. The molecule has 1 aliphatic rings. The molecule has 0 atom stereocenters. The van der Waals surface area contributed by atoms with Crippen molar-refractivity contribution in [2.24, 2.45) is 0 Å². The third kappa shape index (κ3) is 2.17. The molecule has 0 aliphatic heterocycles. The number of ether oxygens (including phenoxy) is 2. The topological polar surface area (TPSA) is 48.4 Å². The molecule has 1 heterocycles. The molecule has 0 spiro atoms. The van der Waals surface area contributed by atoms with Gasteiger partial charge in [-0.1, -0.05) is 0 Å². The zero-order valence-electron chi connectivity index (χ0n) is 10.2. The second-order valence-electron chi connectivity index (χ2n) is 4.35. The fourth-order valence-electron chi connectivity index (χ4n) is 2.39. The second-order valence-corrected chi connectivity index (χ2v) is 4.35. The lowest BCUT2D eigenvalue weighted by Gasteiger charge is -2.25. The van der Waals surface area contributed by atoms with Crippen molar-refractivity contribution >= 4 is 5.78 Å². The van der Waals surface area contributed by atoms with Crippen molar-refractivity contribution in [1.82, 2.24) is 4.98 Å². The van der Waals surface area contributed by atoms with Crippen molar-refractivity contribution < 1.29 is 14.3 Å². The van der Waals surface area contributed by atoms with Gasteiger partial charge < -0.3 is 9.47 Å². The molecule has 0 aromatic carbocycles. The molecule has 17 heavy (non-hydrogen) atoms. The summed E-state index contributed by atoms with van der Waals surface area (Å²) in [5, 5.41) is 0. The van der Waals surface area contributed by atoms with E-state index in [1.807, 2.05) is 0 Å². The summed E-state index contributed by atoms with van der Waals surface area (Å²) < 4.78 is 10.5. The van der Waals surface area contributed by atoms with Gasteiger partial charge in [-0.2, -0.15) is 0 Å². The molecule has 0 radical (unpaired) electrons. The van der Waals surface area contributed by atoms with Crippen LogP contribution >= 0.6 is 0 Å². The average Bonchev–Trinajstić information content (AvgIpc) is 2.88. The van der Waals surface area contributed by atoms with Crippen LogP contribution in [-0.2, 0) is 4.74 Å². The number of pyridine rings is 1. The number of methoxy groups -OCH3 is 2. The third-order valence-corrected chi connectivity index (χ3v) is 3.43. The second kappa shape index (κ2) is 4.84. The molecule has 0 bridgehead atoms. The molecule has 0 saturated heterocycles. The number of ketones is 1. The molecule has 0 unspecified atom stereocenters. The highest BCUT2D eigenvalue weighted by molar-refractivity contribution is 6.02. The van der Waals surface area contributed by atoms with Crippen LogP contribution in [0.2, 0.25) is 0 Å². The number of rotatable bonds is 4. The molecule has 4 nitrogen and oxygen atoms in total. The lowest BCUT2D eigenvalue weighted by molar-refractivity contribution is 0.00597. The van der Waals surface area contributed by atoms with E-state index in [9.17, 15) is 4.79 Å². The maximum absolute atomic E-state index is 12.4. The number of carbonyl (C=O) groups excluding carboxylic acids is 1. The van der Waals surface area contributed by atoms with Crippen molar-refractivity contribution in [2.75, 3.05) is 14.2 Å². The third-order valence-electron chi connectivity index (χ3n) is 3.43. The summed E-state index contributed by atoms with van der Waals surface area (Å²) >= 11 is 0. The molecule has 92 valence electrons. The lowest BCUT2D eigenvalue weighted by atomic mass is 9.92. The molecular formula is C13H17NO3. The maximum Gasteiger partial charge on any atom is 0.196 e. The standard InChI is InChI=1S/C13H17NO3/c1-16-11-7-10(8-14-9-11)12(15)13(17-2)5-3-4-6-13/h7-9H,3-6H2,1-2H3. The van der Waals surface area contributed by atoms with Crippen molar-refractivity contribution in [3.05, 3.63) is 24.0 Å². The molecular weight excluding hydrogens is 218 g/mol. The van der Waals surface area contributed by atoms with Gasteiger partial charge in [-0.05, 0) is 31.7 Å². The van der Waals surface area contributed by atoms with E-state index in [1.165, 1.54) is 0 Å². The zero-order chi connectivity index (χ0) is 12.3. The van der Waals surface area contributed by atoms with E-state index in [-0.39, 0.29) is 5.78 Å². The lowest BCUT2D eigenvalue weighted by Crippen LogP contribution is -2.37. The normalized spacial score (nSPS) is 18.0. The van der Waals surface area contributed by atoms with Crippen LogP contribution in [0.25, 0.3) is 0 Å². The molecule has 4 heteroatoms. The van der Waals surface area contributed by atoms with E-state index >= 15 is 0 Å². The van der Waals surface area contributed by atoms with Crippen LogP contribution < -0.4 is 4.74 Å². The predicted octanol–water partition coefficient (Wildman–Crippen LogP) is 2.23. The number of Topliss-reactive ketones (excluding diaryl/α,β-unsaturated/α-hetero) is 1. The summed E-state index contributed by atoms with van der Waals surface area (Å²) in [6.07, 6.45) is 6.82. The fourth-order valence-corrected chi connectivity index (χ4v) is 2.39. The van der Waals surface area contributed by atoms with Crippen LogP contribution in [0.3, 0.4) is 0 Å². The molecule has 0 amide bonds. The van der Waals surface area contributed by atoms with Crippen molar-refractivity contribution in [2.45, 2.75) is 31.3 Å². The smallest absolute Gasteiger partial charge is 0.196 e. The van der Waals surface area contributed by atoms with E-state index in [0.29, 0.717) is 11.3 Å². The Balaban J connectivity index is 2.29. The van der Waals surface area contributed by atoms with Crippen LogP contribution in [-0.4, -0.2) is 30.6 Å². The van der Waals surface area contributed by atoms with Crippen molar-refractivity contribution in [1.29, 1.82) is 0 Å². The van der Waals surface area contributed by atoms with Crippen LogP contribution in [0.4, 0.5) is 0 Å². The zero-order valence-corrected chi connectivity index (χ0v) is 10.2. The first-order chi connectivity index (χ1) is 8.22. The molecule has 2 rings (SSSR count). The van der Waals surface area contributed by atoms with Gasteiger partial charge in [0.1, 0.15) is 11.4 Å². The summed E-state index contributed by atoms with van der Waals surface area (Å²) in [7, 11) is 3.17. The van der Waals surface area contributed by atoms with Gasteiger partial charge >= 0.3 is 0 Å². The largest absolute Gasteiger partial charge is 0.495 e. The predicted molar refractivity (Wildman–Crippen MR) is 63.3 cm³/mol. The summed E-state index contributed by atoms with van der Waals surface area (Å²) in [4.78, 5) is 16.5. The van der Waals surface area contributed by atoms with Crippen LogP contribution in [0.1, 0.15) is 36.0 Å².